The zero-order chi connectivity index (χ0) is 18.7. The van der Waals surface area contributed by atoms with Crippen molar-refractivity contribution in [1.82, 2.24) is 14.8 Å². The molecule has 1 amide bonds. The van der Waals surface area contributed by atoms with Crippen LogP contribution in [0, 0.1) is 20.8 Å². The minimum absolute atomic E-state index is 0.0272. The maximum absolute atomic E-state index is 11.7. The van der Waals surface area contributed by atoms with E-state index in [9.17, 15) is 4.79 Å². The Morgan fingerprint density at radius 3 is 2.54 bits per heavy atom. The topological polar surface area (TPSA) is 73.0 Å². The lowest BCUT2D eigenvalue weighted by Gasteiger charge is -2.04. The van der Waals surface area contributed by atoms with Gasteiger partial charge in [-0.05, 0) is 57.5 Å². The zero-order valence-corrected chi connectivity index (χ0v) is 15.7. The van der Waals surface area contributed by atoms with Crippen molar-refractivity contribution in [2.24, 2.45) is 0 Å². The summed E-state index contributed by atoms with van der Waals surface area (Å²) >= 11 is 0. The van der Waals surface area contributed by atoms with Crippen molar-refractivity contribution in [2.45, 2.75) is 47.1 Å². The molecule has 0 aliphatic heterocycles. The predicted octanol–water partition coefficient (Wildman–Crippen LogP) is 4.25. The number of anilines is 1. The van der Waals surface area contributed by atoms with E-state index in [0.29, 0.717) is 18.9 Å². The van der Waals surface area contributed by atoms with Gasteiger partial charge in [-0.15, -0.1) is 0 Å². The lowest BCUT2D eigenvalue weighted by molar-refractivity contribution is -0.116. The molecule has 0 aliphatic rings. The number of rotatable bonds is 6. The number of carbonyl (C=O) groups excluding carboxylic acids is 1. The minimum Gasteiger partial charge on any atom is -0.441 e. The van der Waals surface area contributed by atoms with Crippen molar-refractivity contribution < 1.29 is 9.21 Å². The third-order valence-electron chi connectivity index (χ3n) is 4.19. The highest BCUT2D eigenvalue weighted by molar-refractivity contribution is 5.90. The molecule has 1 N–H and O–H groups in total. The van der Waals surface area contributed by atoms with Crippen LogP contribution < -0.4 is 5.32 Å². The molecule has 0 radical (unpaired) electrons. The number of carbonyl (C=O) groups is 1. The van der Waals surface area contributed by atoms with Gasteiger partial charge in [0.2, 0.25) is 11.8 Å². The number of oxazole rings is 1. The molecule has 26 heavy (non-hydrogen) atoms. The molecule has 0 unspecified atom stereocenters. The Morgan fingerprint density at radius 1 is 1.19 bits per heavy atom. The van der Waals surface area contributed by atoms with Crippen LogP contribution in [0.4, 0.5) is 5.69 Å². The van der Waals surface area contributed by atoms with Crippen molar-refractivity contribution in [3.8, 4) is 11.5 Å². The highest BCUT2D eigenvalue weighted by Gasteiger charge is 2.13. The van der Waals surface area contributed by atoms with Crippen LogP contribution in [0.1, 0.15) is 42.6 Å². The fraction of sp³-hybridized carbons (Fsp3) is 0.350. The van der Waals surface area contributed by atoms with E-state index < -0.39 is 0 Å². The van der Waals surface area contributed by atoms with Gasteiger partial charge in [0.1, 0.15) is 11.5 Å². The molecule has 1 aromatic carbocycles. The SMILES string of the molecule is CCCC(=O)Nc1ccc(-c2nc(Cn3nc(C)cc3C)c(C)o2)cc1. The lowest BCUT2D eigenvalue weighted by Crippen LogP contribution is -2.10. The first-order valence-electron chi connectivity index (χ1n) is 8.84. The Kier molecular flexibility index (Phi) is 5.21. The van der Waals surface area contributed by atoms with Crippen LogP contribution in [-0.4, -0.2) is 20.7 Å². The molecule has 136 valence electrons. The molecule has 0 bridgehead atoms. The van der Waals surface area contributed by atoms with Crippen LogP contribution in [0.25, 0.3) is 11.5 Å². The standard InChI is InChI=1S/C20H24N4O2/c1-5-6-19(25)21-17-9-7-16(8-10-17)20-22-18(15(4)26-20)12-24-14(3)11-13(2)23-24/h7-11H,5-6,12H2,1-4H3,(H,21,25). The fourth-order valence-corrected chi connectivity index (χ4v) is 2.82. The maximum Gasteiger partial charge on any atom is 0.226 e. The molecule has 2 heterocycles. The van der Waals surface area contributed by atoms with Crippen LogP contribution in [0.5, 0.6) is 0 Å². The molecule has 0 fully saturated rings. The van der Waals surface area contributed by atoms with Crippen molar-refractivity contribution in [3.05, 3.63) is 53.2 Å². The van der Waals surface area contributed by atoms with E-state index in [1.807, 2.05) is 62.7 Å². The molecular formula is C20H24N4O2. The van der Waals surface area contributed by atoms with Gasteiger partial charge in [-0.1, -0.05) is 6.92 Å². The zero-order valence-electron chi connectivity index (χ0n) is 15.7. The molecular weight excluding hydrogens is 328 g/mol. The van der Waals surface area contributed by atoms with Crippen molar-refractivity contribution in [1.29, 1.82) is 0 Å². The Hall–Kier alpha value is -2.89. The van der Waals surface area contributed by atoms with E-state index in [4.69, 9.17) is 4.42 Å². The molecule has 3 aromatic rings. The number of hydrogen-bond donors (Lipinski definition) is 1. The molecule has 3 rings (SSSR count). The van der Waals surface area contributed by atoms with Gasteiger partial charge in [0.15, 0.2) is 0 Å². The summed E-state index contributed by atoms with van der Waals surface area (Å²) < 4.78 is 7.77. The van der Waals surface area contributed by atoms with Crippen molar-refractivity contribution in [2.75, 3.05) is 5.32 Å². The second-order valence-corrected chi connectivity index (χ2v) is 6.48. The number of nitrogens with zero attached hydrogens (tertiary/aromatic N) is 3. The van der Waals surface area contributed by atoms with E-state index in [0.717, 1.165) is 40.5 Å². The second kappa shape index (κ2) is 7.56. The third-order valence-corrected chi connectivity index (χ3v) is 4.19. The van der Waals surface area contributed by atoms with E-state index in [2.05, 4.69) is 15.4 Å². The highest BCUT2D eigenvalue weighted by Crippen LogP contribution is 2.24. The lowest BCUT2D eigenvalue weighted by atomic mass is 10.2. The van der Waals surface area contributed by atoms with Crippen LogP contribution in [0.3, 0.4) is 0 Å². The molecule has 0 saturated heterocycles. The average Bonchev–Trinajstić information content (AvgIpc) is 3.11. The van der Waals surface area contributed by atoms with Crippen LogP contribution in [0.2, 0.25) is 0 Å². The Balaban J connectivity index is 1.76. The molecule has 6 heteroatoms. The number of aromatic nitrogens is 3. The Morgan fingerprint density at radius 2 is 1.92 bits per heavy atom. The fourth-order valence-electron chi connectivity index (χ4n) is 2.82. The molecule has 0 spiro atoms. The van der Waals surface area contributed by atoms with Gasteiger partial charge in [-0.2, -0.15) is 5.10 Å². The molecule has 0 atom stereocenters. The van der Waals surface area contributed by atoms with Crippen molar-refractivity contribution in [3.63, 3.8) is 0 Å². The summed E-state index contributed by atoms with van der Waals surface area (Å²) in [5, 5.41) is 7.36. The average molecular weight is 352 g/mol. The Bertz CT molecular complexity index is 907. The quantitative estimate of drug-likeness (QED) is 0.720. The predicted molar refractivity (Wildman–Crippen MR) is 101 cm³/mol. The summed E-state index contributed by atoms with van der Waals surface area (Å²) in [5.74, 6) is 1.39. The van der Waals surface area contributed by atoms with Gasteiger partial charge in [0, 0.05) is 23.4 Å². The van der Waals surface area contributed by atoms with Crippen molar-refractivity contribution >= 4 is 11.6 Å². The molecule has 0 aliphatic carbocycles. The van der Waals surface area contributed by atoms with E-state index in [1.54, 1.807) is 0 Å². The summed E-state index contributed by atoms with van der Waals surface area (Å²) in [5.41, 5.74) is 4.61. The number of nitrogens with one attached hydrogen (secondary N) is 1. The molecule has 0 saturated carbocycles. The first-order valence-corrected chi connectivity index (χ1v) is 8.84. The number of hydrogen-bond acceptors (Lipinski definition) is 4. The highest BCUT2D eigenvalue weighted by atomic mass is 16.4. The second-order valence-electron chi connectivity index (χ2n) is 6.48. The molecule has 6 nitrogen and oxygen atoms in total. The van der Waals surface area contributed by atoms with Gasteiger partial charge in [-0.3, -0.25) is 9.48 Å². The smallest absolute Gasteiger partial charge is 0.226 e. The largest absolute Gasteiger partial charge is 0.441 e. The number of aryl methyl sites for hydroxylation is 3. The first kappa shape index (κ1) is 17.9. The van der Waals surface area contributed by atoms with E-state index in [1.165, 1.54) is 0 Å². The van der Waals surface area contributed by atoms with Crippen LogP contribution in [0.15, 0.2) is 34.7 Å². The minimum atomic E-state index is 0.0272. The van der Waals surface area contributed by atoms with Crippen LogP contribution in [-0.2, 0) is 11.3 Å². The third kappa shape index (κ3) is 4.02. The summed E-state index contributed by atoms with van der Waals surface area (Å²) in [6.45, 7) is 8.49. The van der Waals surface area contributed by atoms with Crippen LogP contribution >= 0.6 is 0 Å². The maximum atomic E-state index is 11.7. The van der Waals surface area contributed by atoms with Gasteiger partial charge in [-0.25, -0.2) is 4.98 Å². The summed E-state index contributed by atoms with van der Waals surface area (Å²) in [6.07, 6.45) is 1.36. The monoisotopic (exact) mass is 352 g/mol. The first-order chi connectivity index (χ1) is 12.5. The van der Waals surface area contributed by atoms with Gasteiger partial charge < -0.3 is 9.73 Å². The van der Waals surface area contributed by atoms with E-state index in [-0.39, 0.29) is 5.91 Å². The summed E-state index contributed by atoms with van der Waals surface area (Å²) in [7, 11) is 0. The number of benzene rings is 1. The van der Waals surface area contributed by atoms with Gasteiger partial charge in [0.05, 0.1) is 12.2 Å². The summed E-state index contributed by atoms with van der Waals surface area (Å²) in [4.78, 5) is 16.3. The van der Waals surface area contributed by atoms with Gasteiger partial charge >= 0.3 is 0 Å². The molecule has 2 aromatic heterocycles. The Labute approximate surface area is 153 Å². The normalized spacial score (nSPS) is 10.9. The number of amides is 1. The van der Waals surface area contributed by atoms with E-state index >= 15 is 0 Å². The van der Waals surface area contributed by atoms with Gasteiger partial charge in [0.25, 0.3) is 0 Å². The summed E-state index contributed by atoms with van der Waals surface area (Å²) in [6, 6.07) is 9.58.